The number of rotatable bonds is 6. The van der Waals surface area contributed by atoms with Gasteiger partial charge < -0.3 is 10.2 Å². The molecule has 1 N–H and O–H groups in total. The van der Waals surface area contributed by atoms with Crippen LogP contribution in [0.1, 0.15) is 25.6 Å². The molecule has 3 nitrogen and oxygen atoms in total. The molecule has 1 aliphatic rings. The Hall–Kier alpha value is -1.72. The van der Waals surface area contributed by atoms with Gasteiger partial charge in [-0.1, -0.05) is 19.1 Å². The van der Waals surface area contributed by atoms with E-state index >= 15 is 0 Å². The summed E-state index contributed by atoms with van der Waals surface area (Å²) >= 11 is 1.62. The summed E-state index contributed by atoms with van der Waals surface area (Å²) in [5.41, 5.74) is 0.882. The van der Waals surface area contributed by atoms with Crippen molar-refractivity contribution in [1.29, 1.82) is 0 Å². The van der Waals surface area contributed by atoms with E-state index in [0.717, 1.165) is 28.4 Å². The van der Waals surface area contributed by atoms with Crippen molar-refractivity contribution in [3.8, 4) is 10.4 Å². The lowest BCUT2D eigenvalue weighted by atomic mass is 9.87. The van der Waals surface area contributed by atoms with E-state index in [1.807, 2.05) is 30.0 Å². The van der Waals surface area contributed by atoms with Gasteiger partial charge in [0.15, 0.2) is 0 Å². The van der Waals surface area contributed by atoms with Crippen LogP contribution in [0.4, 0.5) is 4.39 Å². The molecule has 1 aliphatic heterocycles. The maximum absolute atomic E-state index is 13.4. The maximum atomic E-state index is 13.4. The zero-order valence-corrected chi connectivity index (χ0v) is 15.8. The number of benzene rings is 1. The Labute approximate surface area is 152 Å². The molecule has 1 saturated heterocycles. The first kappa shape index (κ1) is 18.1. The Balaban J connectivity index is 1.73. The number of nitrogens with one attached hydrogen (secondary N) is 1. The molecule has 0 spiro atoms. The molecule has 3 rings (SSSR count). The minimum absolute atomic E-state index is 0.0475. The Kier molecular flexibility index (Phi) is 5.54. The summed E-state index contributed by atoms with van der Waals surface area (Å²) in [6.45, 7) is 8.63. The average Bonchev–Trinajstić information content (AvgIpc) is 2.98. The molecule has 0 aliphatic carbocycles. The van der Waals surface area contributed by atoms with Crippen LogP contribution in [0.2, 0.25) is 0 Å². The number of carbonyl (C=O) groups is 1. The van der Waals surface area contributed by atoms with Crippen LogP contribution >= 0.6 is 11.3 Å². The fourth-order valence-corrected chi connectivity index (χ4v) is 4.07. The zero-order chi connectivity index (χ0) is 18.0. The second-order valence-electron chi connectivity index (χ2n) is 7.04. The molecule has 1 atom stereocenters. The Morgan fingerprint density at radius 2 is 2.04 bits per heavy atom. The van der Waals surface area contributed by atoms with Crippen molar-refractivity contribution in [3.05, 3.63) is 47.1 Å². The van der Waals surface area contributed by atoms with Gasteiger partial charge in [0.05, 0.1) is 6.54 Å². The van der Waals surface area contributed by atoms with Gasteiger partial charge in [0, 0.05) is 21.7 Å². The predicted molar refractivity (Wildman–Crippen MR) is 101 cm³/mol. The minimum Gasteiger partial charge on any atom is -0.335 e. The van der Waals surface area contributed by atoms with Crippen LogP contribution < -0.4 is 5.32 Å². The van der Waals surface area contributed by atoms with E-state index in [0.29, 0.717) is 12.5 Å². The highest BCUT2D eigenvalue weighted by molar-refractivity contribution is 7.15. The number of hydrogen-bond acceptors (Lipinski definition) is 3. The predicted octanol–water partition coefficient (Wildman–Crippen LogP) is 4.15. The largest absolute Gasteiger partial charge is 0.335 e. The molecule has 2 aromatic rings. The van der Waals surface area contributed by atoms with Gasteiger partial charge >= 0.3 is 0 Å². The highest BCUT2D eigenvalue weighted by Crippen LogP contribution is 2.30. The van der Waals surface area contributed by atoms with Gasteiger partial charge in [-0.15, -0.1) is 11.3 Å². The maximum Gasteiger partial charge on any atom is 0.226 e. The average molecular weight is 360 g/mol. The summed E-state index contributed by atoms with van der Waals surface area (Å²) in [7, 11) is 0. The highest BCUT2D eigenvalue weighted by atomic mass is 32.1. The molecule has 0 radical (unpaired) electrons. The molecule has 1 fully saturated rings. The number of nitrogens with zero attached hydrogens (tertiary/aromatic N) is 1. The van der Waals surface area contributed by atoms with Crippen molar-refractivity contribution < 1.29 is 9.18 Å². The fourth-order valence-electron chi connectivity index (χ4n) is 3.07. The molecule has 1 aromatic carbocycles. The first-order valence-electron chi connectivity index (χ1n) is 8.81. The third-order valence-electron chi connectivity index (χ3n) is 4.91. The van der Waals surface area contributed by atoms with E-state index in [-0.39, 0.29) is 23.7 Å². The van der Waals surface area contributed by atoms with E-state index in [4.69, 9.17) is 0 Å². The molecule has 5 heteroatoms. The third-order valence-corrected chi connectivity index (χ3v) is 6.03. The summed E-state index contributed by atoms with van der Waals surface area (Å²) in [4.78, 5) is 17.0. The van der Waals surface area contributed by atoms with Crippen molar-refractivity contribution in [1.82, 2.24) is 10.2 Å². The van der Waals surface area contributed by atoms with Gasteiger partial charge in [-0.25, -0.2) is 4.39 Å². The first-order valence-corrected chi connectivity index (χ1v) is 9.63. The van der Waals surface area contributed by atoms with Gasteiger partial charge in [-0.2, -0.15) is 0 Å². The van der Waals surface area contributed by atoms with Crippen LogP contribution in [0, 0.1) is 17.7 Å². The lowest BCUT2D eigenvalue weighted by molar-refractivity contribution is -0.139. The van der Waals surface area contributed by atoms with E-state index < -0.39 is 0 Å². The third kappa shape index (κ3) is 4.10. The molecule has 0 saturated carbocycles. The normalized spacial score (nSPS) is 15.9. The van der Waals surface area contributed by atoms with Crippen molar-refractivity contribution in [2.24, 2.45) is 11.8 Å². The van der Waals surface area contributed by atoms with Gasteiger partial charge in [-0.3, -0.25) is 4.79 Å². The second kappa shape index (κ2) is 7.67. The molecule has 134 valence electrons. The minimum atomic E-state index is -0.227. The highest BCUT2D eigenvalue weighted by Gasteiger charge is 2.32. The molecule has 1 aromatic heterocycles. The van der Waals surface area contributed by atoms with Gasteiger partial charge in [0.25, 0.3) is 0 Å². The number of thiophene rings is 1. The van der Waals surface area contributed by atoms with Gasteiger partial charge in [0.2, 0.25) is 5.91 Å². The molecule has 0 bridgehead atoms. The SMILES string of the molecule is CC(C(=O)N(Cc1ccc(-c2cccc(F)c2)s1)C(C)C)C1CNC1. The summed E-state index contributed by atoms with van der Waals surface area (Å²) in [6, 6.07) is 10.8. The van der Waals surface area contributed by atoms with Gasteiger partial charge in [0.1, 0.15) is 5.82 Å². The summed E-state index contributed by atoms with van der Waals surface area (Å²) in [5, 5.41) is 3.24. The van der Waals surface area contributed by atoms with Crippen molar-refractivity contribution in [3.63, 3.8) is 0 Å². The molecular formula is C20H25FN2OS. The number of hydrogen-bond donors (Lipinski definition) is 1. The Morgan fingerprint density at radius 3 is 2.64 bits per heavy atom. The Bertz CT molecular complexity index is 739. The van der Waals surface area contributed by atoms with E-state index in [2.05, 4.69) is 19.2 Å². The van der Waals surface area contributed by atoms with Crippen LogP contribution in [0.25, 0.3) is 10.4 Å². The standard InChI is InChI=1S/C20H25FN2OS/c1-13(2)23(20(24)14(3)16-10-22-11-16)12-18-7-8-19(25-18)15-5-4-6-17(21)9-15/h4-9,13-14,16,22H,10-12H2,1-3H3. The van der Waals surface area contributed by atoms with Crippen molar-refractivity contribution in [2.75, 3.05) is 13.1 Å². The van der Waals surface area contributed by atoms with E-state index in [1.165, 1.54) is 6.07 Å². The van der Waals surface area contributed by atoms with Crippen LogP contribution in [-0.2, 0) is 11.3 Å². The lowest BCUT2D eigenvalue weighted by Crippen LogP contribution is -2.51. The van der Waals surface area contributed by atoms with E-state index in [1.54, 1.807) is 23.5 Å². The number of carbonyl (C=O) groups excluding carboxylic acids is 1. The summed E-state index contributed by atoms with van der Waals surface area (Å²) < 4.78 is 13.4. The molecule has 1 unspecified atom stereocenters. The van der Waals surface area contributed by atoms with E-state index in [9.17, 15) is 9.18 Å². The topological polar surface area (TPSA) is 32.3 Å². The zero-order valence-electron chi connectivity index (χ0n) is 15.0. The van der Waals surface area contributed by atoms with Crippen LogP contribution in [0.15, 0.2) is 36.4 Å². The van der Waals surface area contributed by atoms with Crippen molar-refractivity contribution in [2.45, 2.75) is 33.4 Å². The first-order chi connectivity index (χ1) is 12.0. The van der Waals surface area contributed by atoms with Gasteiger partial charge in [-0.05, 0) is 62.7 Å². The summed E-state index contributed by atoms with van der Waals surface area (Å²) in [5.74, 6) is 0.489. The molecule has 2 heterocycles. The number of halogens is 1. The fraction of sp³-hybridized carbons (Fsp3) is 0.450. The monoisotopic (exact) mass is 360 g/mol. The van der Waals surface area contributed by atoms with Crippen LogP contribution in [0.3, 0.4) is 0 Å². The van der Waals surface area contributed by atoms with Crippen LogP contribution in [-0.4, -0.2) is 29.9 Å². The lowest BCUT2D eigenvalue weighted by Gasteiger charge is -2.36. The van der Waals surface area contributed by atoms with Crippen molar-refractivity contribution >= 4 is 17.2 Å². The molecular weight excluding hydrogens is 335 g/mol. The Morgan fingerprint density at radius 1 is 1.28 bits per heavy atom. The number of amides is 1. The molecule has 25 heavy (non-hydrogen) atoms. The molecule has 1 amide bonds. The smallest absolute Gasteiger partial charge is 0.226 e. The quantitative estimate of drug-likeness (QED) is 0.839. The second-order valence-corrected chi connectivity index (χ2v) is 8.21. The van der Waals surface area contributed by atoms with Crippen LogP contribution in [0.5, 0.6) is 0 Å². The summed E-state index contributed by atoms with van der Waals surface area (Å²) in [6.07, 6.45) is 0.